The molecule has 0 bridgehead atoms. The molecule has 1 saturated heterocycles. The maximum absolute atomic E-state index is 12.6. The summed E-state index contributed by atoms with van der Waals surface area (Å²) in [4.78, 5) is 25.1. The van der Waals surface area contributed by atoms with Crippen LogP contribution in [0.3, 0.4) is 0 Å². The molecule has 1 heterocycles. The van der Waals surface area contributed by atoms with Gasteiger partial charge in [0.2, 0.25) is 0 Å². The fourth-order valence-electron chi connectivity index (χ4n) is 2.87. The zero-order chi connectivity index (χ0) is 17.9. The molecule has 1 fully saturated rings. The summed E-state index contributed by atoms with van der Waals surface area (Å²) in [6, 6.07) is 18.0. The molecule has 2 atom stereocenters. The Morgan fingerprint density at radius 2 is 1.32 bits per heavy atom. The molecule has 1 aliphatic heterocycles. The lowest BCUT2D eigenvalue weighted by Gasteiger charge is -2.27. The van der Waals surface area contributed by atoms with Gasteiger partial charge in [0.15, 0.2) is 6.29 Å². The van der Waals surface area contributed by atoms with Crippen LogP contribution in [0.1, 0.15) is 23.5 Å². The third-order valence-corrected chi connectivity index (χ3v) is 4.07. The summed E-state index contributed by atoms with van der Waals surface area (Å²) in [6.45, 7) is 0. The summed E-state index contributed by atoms with van der Waals surface area (Å²) in [6.07, 6.45) is -1.91. The molecule has 0 N–H and O–H groups in total. The summed E-state index contributed by atoms with van der Waals surface area (Å²) >= 11 is 0. The summed E-state index contributed by atoms with van der Waals surface area (Å²) in [5, 5.41) is 0. The van der Waals surface area contributed by atoms with Gasteiger partial charge in [-0.25, -0.2) is 9.59 Å². The van der Waals surface area contributed by atoms with Gasteiger partial charge in [-0.05, 0) is 5.56 Å². The summed E-state index contributed by atoms with van der Waals surface area (Å²) in [7, 11) is 2.38. The molecule has 0 aromatic heterocycles. The third-order valence-electron chi connectivity index (χ3n) is 4.07. The average Bonchev–Trinajstić information content (AvgIpc) is 3.10. The Morgan fingerprint density at radius 1 is 0.840 bits per heavy atom. The topological polar surface area (TPSA) is 71.1 Å². The first kappa shape index (κ1) is 17.1. The lowest BCUT2D eigenvalue weighted by atomic mass is 9.91. The number of carbonyl (C=O) groups excluding carboxylic acids is 2. The first-order chi connectivity index (χ1) is 12.1. The van der Waals surface area contributed by atoms with Gasteiger partial charge in [-0.1, -0.05) is 60.7 Å². The molecule has 130 valence electrons. The number of hydrogen-bond donors (Lipinski definition) is 0. The molecule has 0 aliphatic carbocycles. The minimum Gasteiger partial charge on any atom is -0.466 e. The van der Waals surface area contributed by atoms with E-state index in [2.05, 4.69) is 0 Å². The normalized spacial score (nSPS) is 21.5. The lowest BCUT2D eigenvalue weighted by Crippen LogP contribution is -2.52. The second kappa shape index (κ2) is 7.04. The van der Waals surface area contributed by atoms with Crippen molar-refractivity contribution in [1.82, 2.24) is 0 Å². The van der Waals surface area contributed by atoms with E-state index >= 15 is 0 Å². The Balaban J connectivity index is 2.10. The van der Waals surface area contributed by atoms with Gasteiger partial charge in [0, 0.05) is 5.56 Å². The number of methoxy groups -OCH3 is 2. The van der Waals surface area contributed by atoms with Crippen LogP contribution < -0.4 is 0 Å². The summed E-state index contributed by atoms with van der Waals surface area (Å²) < 4.78 is 21.5. The number of benzene rings is 2. The molecule has 2 aromatic rings. The first-order valence-electron chi connectivity index (χ1n) is 7.73. The molecule has 0 unspecified atom stereocenters. The average molecular weight is 342 g/mol. The largest absolute Gasteiger partial charge is 0.466 e. The van der Waals surface area contributed by atoms with E-state index in [1.807, 2.05) is 24.3 Å². The van der Waals surface area contributed by atoms with Crippen LogP contribution in [0.15, 0.2) is 60.7 Å². The highest BCUT2D eigenvalue weighted by Crippen LogP contribution is 2.48. The first-order valence-corrected chi connectivity index (χ1v) is 7.73. The predicted molar refractivity (Wildman–Crippen MR) is 87.3 cm³/mol. The van der Waals surface area contributed by atoms with Crippen LogP contribution in [0.4, 0.5) is 0 Å². The smallest absolute Gasteiger partial charge is 0.353 e. The Labute approximate surface area is 145 Å². The van der Waals surface area contributed by atoms with Crippen LogP contribution in [0.5, 0.6) is 0 Å². The standard InChI is InChI=1S/C19H18O6/c1-22-17(20)19(18(21)23-2)15(13-9-5-3-6-10-13)24-16(25-19)14-11-7-4-8-12-14/h3-12,15-16H,1-2H3/t15-,16-/m0/s1. The van der Waals surface area contributed by atoms with Gasteiger partial charge in [0.25, 0.3) is 5.60 Å². The predicted octanol–water partition coefficient (Wildman–Crippen LogP) is 2.56. The SMILES string of the molecule is COC(=O)C1(C(=O)OC)O[C@@H](c2ccccc2)O[C@H]1c1ccccc1. The molecule has 3 rings (SSSR count). The lowest BCUT2D eigenvalue weighted by molar-refractivity contribution is -0.188. The van der Waals surface area contributed by atoms with E-state index in [9.17, 15) is 9.59 Å². The van der Waals surface area contributed by atoms with E-state index in [1.165, 1.54) is 14.2 Å². The Kier molecular flexibility index (Phi) is 4.83. The molecule has 0 amide bonds. The van der Waals surface area contributed by atoms with Crippen LogP contribution >= 0.6 is 0 Å². The van der Waals surface area contributed by atoms with Gasteiger partial charge >= 0.3 is 11.9 Å². The maximum Gasteiger partial charge on any atom is 0.353 e. The van der Waals surface area contributed by atoms with Crippen molar-refractivity contribution in [3.8, 4) is 0 Å². The van der Waals surface area contributed by atoms with Crippen molar-refractivity contribution in [3.63, 3.8) is 0 Å². The molecule has 2 aromatic carbocycles. The van der Waals surface area contributed by atoms with Crippen LogP contribution in [0, 0.1) is 0 Å². The minimum absolute atomic E-state index is 0.608. The van der Waals surface area contributed by atoms with E-state index in [-0.39, 0.29) is 0 Å². The van der Waals surface area contributed by atoms with Gasteiger partial charge < -0.3 is 18.9 Å². The van der Waals surface area contributed by atoms with Crippen LogP contribution in [-0.2, 0) is 28.5 Å². The fourth-order valence-corrected chi connectivity index (χ4v) is 2.87. The van der Waals surface area contributed by atoms with Gasteiger partial charge in [0.1, 0.15) is 6.10 Å². The zero-order valence-corrected chi connectivity index (χ0v) is 13.9. The summed E-state index contributed by atoms with van der Waals surface area (Å²) in [5.74, 6) is -1.74. The van der Waals surface area contributed by atoms with Crippen molar-refractivity contribution in [2.45, 2.75) is 18.0 Å². The second-order valence-electron chi connectivity index (χ2n) is 5.51. The minimum atomic E-state index is -2.04. The van der Waals surface area contributed by atoms with Crippen LogP contribution in [-0.4, -0.2) is 31.8 Å². The molecule has 6 nitrogen and oxygen atoms in total. The second-order valence-corrected chi connectivity index (χ2v) is 5.51. The summed E-state index contributed by atoms with van der Waals surface area (Å²) in [5.41, 5.74) is -0.749. The number of rotatable bonds is 4. The Morgan fingerprint density at radius 3 is 1.80 bits per heavy atom. The molecule has 6 heteroatoms. The van der Waals surface area contributed by atoms with Gasteiger partial charge in [-0.3, -0.25) is 0 Å². The van der Waals surface area contributed by atoms with Crippen LogP contribution in [0.2, 0.25) is 0 Å². The molecule has 0 saturated carbocycles. The molecule has 0 radical (unpaired) electrons. The van der Waals surface area contributed by atoms with Crippen molar-refractivity contribution in [1.29, 1.82) is 0 Å². The van der Waals surface area contributed by atoms with Gasteiger partial charge in [-0.2, -0.15) is 0 Å². The number of hydrogen-bond acceptors (Lipinski definition) is 6. The third kappa shape index (κ3) is 2.90. The van der Waals surface area contributed by atoms with Crippen molar-refractivity contribution >= 4 is 11.9 Å². The monoisotopic (exact) mass is 342 g/mol. The van der Waals surface area contributed by atoms with Gasteiger partial charge in [0.05, 0.1) is 14.2 Å². The van der Waals surface area contributed by atoms with Gasteiger partial charge in [-0.15, -0.1) is 0 Å². The fraction of sp³-hybridized carbons (Fsp3) is 0.263. The highest BCUT2D eigenvalue weighted by atomic mass is 16.8. The van der Waals surface area contributed by atoms with Crippen molar-refractivity contribution < 1.29 is 28.5 Å². The molecular formula is C19H18O6. The number of ether oxygens (including phenoxy) is 4. The molecular weight excluding hydrogens is 324 g/mol. The molecule has 25 heavy (non-hydrogen) atoms. The van der Waals surface area contributed by atoms with E-state index < -0.39 is 29.9 Å². The highest BCUT2D eigenvalue weighted by molar-refractivity contribution is 6.05. The number of esters is 2. The van der Waals surface area contributed by atoms with E-state index in [0.29, 0.717) is 11.1 Å². The van der Waals surface area contributed by atoms with Crippen molar-refractivity contribution in [2.24, 2.45) is 0 Å². The Bertz CT molecular complexity index is 727. The van der Waals surface area contributed by atoms with E-state index in [0.717, 1.165) is 0 Å². The van der Waals surface area contributed by atoms with Crippen LogP contribution in [0.25, 0.3) is 0 Å². The molecule has 1 aliphatic rings. The highest BCUT2D eigenvalue weighted by Gasteiger charge is 2.64. The van der Waals surface area contributed by atoms with E-state index in [1.54, 1.807) is 36.4 Å². The Hall–Kier alpha value is -2.70. The van der Waals surface area contributed by atoms with Crippen molar-refractivity contribution in [3.05, 3.63) is 71.8 Å². The number of carbonyl (C=O) groups is 2. The van der Waals surface area contributed by atoms with Crippen molar-refractivity contribution in [2.75, 3.05) is 14.2 Å². The quantitative estimate of drug-likeness (QED) is 0.628. The molecule has 0 spiro atoms. The maximum atomic E-state index is 12.6. The van der Waals surface area contributed by atoms with E-state index in [4.69, 9.17) is 18.9 Å². The zero-order valence-electron chi connectivity index (χ0n) is 13.9.